The van der Waals surface area contributed by atoms with Gasteiger partial charge in [0.05, 0.1) is 0 Å². The molecule has 5 nitrogen and oxygen atoms in total. The number of hydrogen-bond acceptors (Lipinski definition) is 5. The molecule has 2 aromatic carbocycles. The molecular weight excluding hydrogens is 341 g/mol. The third kappa shape index (κ3) is 4.45. The number of nitrogens with one attached hydrogen (secondary N) is 1. The fourth-order valence-corrected chi connectivity index (χ4v) is 3.03. The molecule has 0 spiro atoms. The highest BCUT2D eigenvalue weighted by atomic mass is 32.2. The van der Waals surface area contributed by atoms with Crippen LogP contribution in [0.15, 0.2) is 57.8 Å². The van der Waals surface area contributed by atoms with Crippen LogP contribution in [0.25, 0.3) is 11.5 Å². The van der Waals surface area contributed by atoms with Crippen molar-refractivity contribution in [2.24, 2.45) is 0 Å². The minimum Gasteiger partial charge on any atom is -0.403 e. The number of carbonyl (C=O) groups is 1. The summed E-state index contributed by atoms with van der Waals surface area (Å²) in [6.07, 6.45) is 0. The molecule has 1 heterocycles. The smallest absolute Gasteiger partial charge is 0.322 e. The number of carbonyl (C=O) groups excluding carboxylic acids is 1. The second-order valence-corrected chi connectivity index (χ2v) is 7.22. The van der Waals surface area contributed by atoms with Gasteiger partial charge >= 0.3 is 6.01 Å². The monoisotopic (exact) mass is 357 g/mol. The summed E-state index contributed by atoms with van der Waals surface area (Å²) in [4.78, 5) is 13.4. The average molecular weight is 357 g/mol. The van der Waals surface area contributed by atoms with Gasteiger partial charge in [-0.1, -0.05) is 25.0 Å². The first kappa shape index (κ1) is 17.2. The lowest BCUT2D eigenvalue weighted by molar-refractivity contribution is 0.102. The first-order valence-corrected chi connectivity index (χ1v) is 8.57. The van der Waals surface area contributed by atoms with Crippen LogP contribution in [-0.2, 0) is 0 Å². The zero-order valence-electron chi connectivity index (χ0n) is 13.7. The standard InChI is InChI=1S/C18H16FN3O2S/c1-11(2)25-15-5-3-4-13(10-15)16(23)20-18-22-21-17(24-18)12-6-8-14(19)9-7-12/h3-11H,1-2H3,(H,20,22,23). The summed E-state index contributed by atoms with van der Waals surface area (Å²) in [7, 11) is 0. The topological polar surface area (TPSA) is 68.0 Å². The van der Waals surface area contributed by atoms with Gasteiger partial charge in [0.2, 0.25) is 5.89 Å². The lowest BCUT2D eigenvalue weighted by Crippen LogP contribution is -2.12. The van der Waals surface area contributed by atoms with E-state index in [1.807, 2.05) is 18.2 Å². The zero-order valence-corrected chi connectivity index (χ0v) is 14.5. The molecule has 1 N–H and O–H groups in total. The Morgan fingerprint density at radius 1 is 1.16 bits per heavy atom. The molecule has 0 radical (unpaired) electrons. The molecule has 3 rings (SSSR count). The van der Waals surface area contributed by atoms with Crippen LogP contribution in [0.3, 0.4) is 0 Å². The highest BCUT2D eigenvalue weighted by Gasteiger charge is 2.13. The number of amides is 1. The quantitative estimate of drug-likeness (QED) is 0.674. The van der Waals surface area contributed by atoms with Gasteiger partial charge in [-0.25, -0.2) is 4.39 Å². The molecular formula is C18H16FN3O2S. The maximum absolute atomic E-state index is 13.0. The molecule has 0 aliphatic rings. The molecule has 0 saturated carbocycles. The van der Waals surface area contributed by atoms with Crippen LogP contribution < -0.4 is 5.32 Å². The van der Waals surface area contributed by atoms with Crippen molar-refractivity contribution in [2.45, 2.75) is 24.0 Å². The first-order chi connectivity index (χ1) is 12.0. The van der Waals surface area contributed by atoms with Crippen LogP contribution in [0.4, 0.5) is 10.4 Å². The average Bonchev–Trinajstić information content (AvgIpc) is 3.03. The minimum atomic E-state index is -0.351. The fourth-order valence-electron chi connectivity index (χ4n) is 2.13. The number of nitrogens with zero attached hydrogens (tertiary/aromatic N) is 2. The van der Waals surface area contributed by atoms with Gasteiger partial charge in [0.25, 0.3) is 5.91 Å². The van der Waals surface area contributed by atoms with Crippen LogP contribution in [0.1, 0.15) is 24.2 Å². The summed E-state index contributed by atoms with van der Waals surface area (Å²) in [6.45, 7) is 4.18. The summed E-state index contributed by atoms with van der Waals surface area (Å²) in [5, 5.41) is 10.7. The number of hydrogen-bond donors (Lipinski definition) is 1. The van der Waals surface area contributed by atoms with Gasteiger partial charge in [0.1, 0.15) is 5.82 Å². The van der Waals surface area contributed by atoms with Crippen LogP contribution in [0, 0.1) is 5.82 Å². The van der Waals surface area contributed by atoms with E-state index in [0.29, 0.717) is 16.4 Å². The number of rotatable bonds is 5. The molecule has 0 unspecified atom stereocenters. The zero-order chi connectivity index (χ0) is 17.8. The largest absolute Gasteiger partial charge is 0.403 e. The summed E-state index contributed by atoms with van der Waals surface area (Å²) >= 11 is 1.68. The Balaban J connectivity index is 1.72. The van der Waals surface area contributed by atoms with Crippen LogP contribution >= 0.6 is 11.8 Å². The Morgan fingerprint density at radius 2 is 1.92 bits per heavy atom. The molecule has 7 heteroatoms. The number of halogens is 1. The van der Waals surface area contributed by atoms with Gasteiger partial charge in [-0.05, 0) is 42.5 Å². The van der Waals surface area contributed by atoms with Crippen molar-refractivity contribution in [3.63, 3.8) is 0 Å². The van der Waals surface area contributed by atoms with Gasteiger partial charge in [0, 0.05) is 21.3 Å². The first-order valence-electron chi connectivity index (χ1n) is 7.69. The Hall–Kier alpha value is -2.67. The summed E-state index contributed by atoms with van der Waals surface area (Å²) < 4.78 is 18.4. The van der Waals surface area contributed by atoms with Crippen molar-refractivity contribution in [1.82, 2.24) is 10.2 Å². The fraction of sp³-hybridized carbons (Fsp3) is 0.167. The van der Waals surface area contributed by atoms with E-state index in [9.17, 15) is 9.18 Å². The summed E-state index contributed by atoms with van der Waals surface area (Å²) in [5.74, 6) is -0.476. The van der Waals surface area contributed by atoms with Gasteiger partial charge < -0.3 is 4.42 Å². The van der Waals surface area contributed by atoms with Crippen molar-refractivity contribution in [2.75, 3.05) is 5.32 Å². The second-order valence-electron chi connectivity index (χ2n) is 5.57. The molecule has 25 heavy (non-hydrogen) atoms. The number of aromatic nitrogens is 2. The second kappa shape index (κ2) is 7.48. The minimum absolute atomic E-state index is 0.00811. The van der Waals surface area contributed by atoms with Crippen molar-refractivity contribution < 1.29 is 13.6 Å². The van der Waals surface area contributed by atoms with Crippen LogP contribution in [-0.4, -0.2) is 21.4 Å². The molecule has 0 aliphatic heterocycles. The Kier molecular flexibility index (Phi) is 5.14. The van der Waals surface area contributed by atoms with Gasteiger partial charge in [-0.15, -0.1) is 16.9 Å². The predicted octanol–water partition coefficient (Wildman–Crippen LogP) is 4.63. The van der Waals surface area contributed by atoms with Crippen molar-refractivity contribution in [1.29, 1.82) is 0 Å². The highest BCUT2D eigenvalue weighted by Crippen LogP contribution is 2.24. The molecule has 0 atom stereocenters. The molecule has 0 fully saturated rings. The third-order valence-electron chi connectivity index (χ3n) is 3.20. The van der Waals surface area contributed by atoms with Gasteiger partial charge in [0.15, 0.2) is 0 Å². The molecule has 0 aliphatic carbocycles. The maximum Gasteiger partial charge on any atom is 0.322 e. The molecule has 0 bridgehead atoms. The number of anilines is 1. The van der Waals surface area contributed by atoms with Gasteiger partial charge in [-0.2, -0.15) is 0 Å². The SMILES string of the molecule is CC(C)Sc1cccc(C(=O)Nc2nnc(-c3ccc(F)cc3)o2)c1. The summed E-state index contributed by atoms with van der Waals surface area (Å²) in [6, 6.07) is 13.0. The van der Waals surface area contributed by atoms with Crippen molar-refractivity contribution in [3.05, 3.63) is 59.9 Å². The van der Waals surface area contributed by atoms with Crippen molar-refractivity contribution in [3.8, 4) is 11.5 Å². The molecule has 128 valence electrons. The molecule has 0 saturated heterocycles. The number of thioether (sulfide) groups is 1. The Bertz CT molecular complexity index is 878. The molecule has 1 aromatic heterocycles. The molecule has 1 amide bonds. The van der Waals surface area contributed by atoms with Crippen molar-refractivity contribution >= 4 is 23.7 Å². The molecule has 3 aromatic rings. The van der Waals surface area contributed by atoms with E-state index in [0.717, 1.165) is 4.90 Å². The Labute approximate surface area is 148 Å². The van der Waals surface area contributed by atoms with E-state index in [1.165, 1.54) is 24.3 Å². The van der Waals surface area contributed by atoms with E-state index >= 15 is 0 Å². The van der Waals surface area contributed by atoms with E-state index in [-0.39, 0.29) is 23.6 Å². The predicted molar refractivity (Wildman–Crippen MR) is 95.1 cm³/mol. The van der Waals surface area contributed by atoms with Crippen LogP contribution in [0.5, 0.6) is 0 Å². The van der Waals surface area contributed by atoms with E-state index in [2.05, 4.69) is 29.4 Å². The van der Waals surface area contributed by atoms with Gasteiger partial charge in [-0.3, -0.25) is 10.1 Å². The third-order valence-corrected chi connectivity index (χ3v) is 4.20. The lowest BCUT2D eigenvalue weighted by atomic mass is 10.2. The van der Waals surface area contributed by atoms with E-state index in [4.69, 9.17) is 4.42 Å². The Morgan fingerprint density at radius 3 is 2.64 bits per heavy atom. The van der Waals surface area contributed by atoms with Crippen LogP contribution in [0.2, 0.25) is 0 Å². The normalized spacial score (nSPS) is 10.9. The van der Waals surface area contributed by atoms with E-state index in [1.54, 1.807) is 17.8 Å². The lowest BCUT2D eigenvalue weighted by Gasteiger charge is -2.06. The van der Waals surface area contributed by atoms with E-state index < -0.39 is 0 Å². The number of benzene rings is 2. The highest BCUT2D eigenvalue weighted by molar-refractivity contribution is 7.99. The summed E-state index contributed by atoms with van der Waals surface area (Å²) in [5.41, 5.74) is 1.08. The maximum atomic E-state index is 13.0.